The summed E-state index contributed by atoms with van der Waals surface area (Å²) < 4.78 is 19.6. The van der Waals surface area contributed by atoms with Crippen LogP contribution in [0.4, 0.5) is 10.1 Å². The van der Waals surface area contributed by atoms with Gasteiger partial charge in [0.25, 0.3) is 0 Å². The third-order valence-electron chi connectivity index (χ3n) is 2.30. The average molecular weight is 343 g/mol. The van der Waals surface area contributed by atoms with Crippen LogP contribution in [-0.4, -0.2) is 0 Å². The van der Waals surface area contributed by atoms with E-state index in [9.17, 15) is 4.39 Å². The maximum Gasteiger partial charge on any atom is 0.170 e. The third-order valence-corrected chi connectivity index (χ3v) is 3.42. The lowest BCUT2D eigenvalue weighted by molar-refractivity contribution is 0.288. The van der Waals surface area contributed by atoms with Crippen LogP contribution in [0.3, 0.4) is 0 Å². The first-order chi connectivity index (χ1) is 8.18. The zero-order chi connectivity index (χ0) is 12.3. The second-order valence-electron chi connectivity index (χ2n) is 3.55. The van der Waals surface area contributed by atoms with Gasteiger partial charge in [-0.15, -0.1) is 0 Å². The Kier molecular flexibility index (Phi) is 3.83. The second kappa shape index (κ2) is 5.35. The molecule has 0 bridgehead atoms. The molecule has 0 spiro atoms. The van der Waals surface area contributed by atoms with Crippen LogP contribution in [0, 0.1) is 9.39 Å². The van der Waals surface area contributed by atoms with Gasteiger partial charge in [0.05, 0.1) is 3.57 Å². The van der Waals surface area contributed by atoms with Crippen molar-refractivity contribution in [1.29, 1.82) is 0 Å². The lowest BCUT2D eigenvalue weighted by atomic mass is 10.2. The number of halogens is 2. The van der Waals surface area contributed by atoms with Gasteiger partial charge in [0.1, 0.15) is 6.61 Å². The Morgan fingerprint density at radius 1 is 1.12 bits per heavy atom. The van der Waals surface area contributed by atoms with E-state index in [2.05, 4.69) is 0 Å². The number of nitrogens with two attached hydrogens (primary N) is 1. The Morgan fingerprint density at radius 3 is 2.53 bits per heavy atom. The molecule has 0 heterocycles. The van der Waals surface area contributed by atoms with Crippen LogP contribution in [0.1, 0.15) is 5.56 Å². The highest BCUT2D eigenvalue weighted by atomic mass is 127. The van der Waals surface area contributed by atoms with Crippen molar-refractivity contribution in [3.05, 3.63) is 57.4 Å². The number of benzene rings is 2. The van der Waals surface area contributed by atoms with E-state index in [4.69, 9.17) is 10.5 Å². The minimum absolute atomic E-state index is 0.217. The molecule has 0 saturated heterocycles. The van der Waals surface area contributed by atoms with Crippen molar-refractivity contribution in [1.82, 2.24) is 0 Å². The van der Waals surface area contributed by atoms with Gasteiger partial charge in [-0.3, -0.25) is 0 Å². The SMILES string of the molecule is Nc1ccc(F)c(OCc2ccccc2)c1I. The lowest BCUT2D eigenvalue weighted by Gasteiger charge is -2.10. The quantitative estimate of drug-likeness (QED) is 0.683. The highest BCUT2D eigenvalue weighted by Crippen LogP contribution is 2.29. The van der Waals surface area contributed by atoms with Gasteiger partial charge < -0.3 is 10.5 Å². The van der Waals surface area contributed by atoms with Crippen LogP contribution >= 0.6 is 22.6 Å². The molecule has 88 valence electrons. The summed E-state index contributed by atoms with van der Waals surface area (Å²) in [5.41, 5.74) is 7.22. The fourth-order valence-corrected chi connectivity index (χ4v) is 2.00. The Labute approximate surface area is 113 Å². The largest absolute Gasteiger partial charge is 0.485 e. The number of anilines is 1. The maximum absolute atomic E-state index is 13.5. The number of hydrogen-bond acceptors (Lipinski definition) is 2. The molecular weight excluding hydrogens is 332 g/mol. The van der Waals surface area contributed by atoms with Gasteiger partial charge in [0.2, 0.25) is 0 Å². The minimum atomic E-state index is -0.389. The Morgan fingerprint density at radius 2 is 1.82 bits per heavy atom. The Balaban J connectivity index is 2.17. The monoisotopic (exact) mass is 343 g/mol. The van der Waals surface area contributed by atoms with E-state index in [1.807, 2.05) is 52.9 Å². The first kappa shape index (κ1) is 12.2. The third kappa shape index (κ3) is 2.88. The molecule has 2 nitrogen and oxygen atoms in total. The van der Waals surface area contributed by atoms with Crippen molar-refractivity contribution in [2.45, 2.75) is 6.61 Å². The molecule has 17 heavy (non-hydrogen) atoms. The highest BCUT2D eigenvalue weighted by molar-refractivity contribution is 14.1. The molecule has 2 rings (SSSR count). The number of ether oxygens (including phenoxy) is 1. The molecule has 4 heteroatoms. The lowest BCUT2D eigenvalue weighted by Crippen LogP contribution is -2.01. The van der Waals surface area contributed by atoms with Crippen LogP contribution in [0.15, 0.2) is 42.5 Å². The number of rotatable bonds is 3. The topological polar surface area (TPSA) is 35.2 Å². The summed E-state index contributed by atoms with van der Waals surface area (Å²) in [5, 5.41) is 0. The predicted molar refractivity (Wildman–Crippen MR) is 74.3 cm³/mol. The van der Waals surface area contributed by atoms with Crippen molar-refractivity contribution in [2.75, 3.05) is 5.73 Å². The van der Waals surface area contributed by atoms with E-state index in [0.717, 1.165) is 5.56 Å². The summed E-state index contributed by atoms with van der Waals surface area (Å²) in [5.74, 6) is -0.172. The molecule has 0 radical (unpaired) electrons. The second-order valence-corrected chi connectivity index (χ2v) is 4.63. The molecule has 0 unspecified atom stereocenters. The number of hydrogen-bond donors (Lipinski definition) is 1. The molecule has 0 saturated carbocycles. The minimum Gasteiger partial charge on any atom is -0.485 e. The van der Waals surface area contributed by atoms with E-state index in [-0.39, 0.29) is 11.6 Å². The van der Waals surface area contributed by atoms with Crippen LogP contribution in [-0.2, 0) is 6.61 Å². The molecule has 2 N–H and O–H groups in total. The van der Waals surface area contributed by atoms with Gasteiger partial charge >= 0.3 is 0 Å². The zero-order valence-corrected chi connectivity index (χ0v) is 11.1. The molecule has 0 amide bonds. The molecule has 2 aromatic rings. The van der Waals surface area contributed by atoms with E-state index in [1.165, 1.54) is 12.1 Å². The Hall–Kier alpha value is -1.30. The average Bonchev–Trinajstić information content (AvgIpc) is 2.35. The van der Waals surface area contributed by atoms with Crippen molar-refractivity contribution in [2.24, 2.45) is 0 Å². The van der Waals surface area contributed by atoms with Gasteiger partial charge in [0.15, 0.2) is 11.6 Å². The van der Waals surface area contributed by atoms with Gasteiger partial charge in [-0.25, -0.2) is 4.39 Å². The molecule has 0 aromatic heterocycles. The molecule has 2 aromatic carbocycles. The summed E-state index contributed by atoms with van der Waals surface area (Å²) in [6, 6.07) is 12.5. The van der Waals surface area contributed by atoms with E-state index in [0.29, 0.717) is 15.9 Å². The molecular formula is C13H11FINO. The Bertz CT molecular complexity index is 516. The van der Waals surface area contributed by atoms with Crippen LogP contribution < -0.4 is 10.5 Å². The summed E-state index contributed by atoms with van der Waals surface area (Å²) in [6.45, 7) is 0.331. The fourth-order valence-electron chi connectivity index (χ4n) is 1.41. The van der Waals surface area contributed by atoms with Crippen LogP contribution in [0.2, 0.25) is 0 Å². The highest BCUT2D eigenvalue weighted by Gasteiger charge is 2.11. The van der Waals surface area contributed by atoms with E-state index >= 15 is 0 Å². The molecule has 0 aliphatic carbocycles. The summed E-state index contributed by atoms with van der Waals surface area (Å²) in [4.78, 5) is 0. The van der Waals surface area contributed by atoms with E-state index in [1.54, 1.807) is 0 Å². The standard InChI is InChI=1S/C13H11FINO/c14-10-6-7-11(16)12(15)13(10)17-8-9-4-2-1-3-5-9/h1-7H,8,16H2. The normalized spacial score (nSPS) is 10.2. The van der Waals surface area contributed by atoms with Gasteiger partial charge in [-0.05, 0) is 40.3 Å². The van der Waals surface area contributed by atoms with Crippen molar-refractivity contribution < 1.29 is 9.13 Å². The molecule has 0 atom stereocenters. The smallest absolute Gasteiger partial charge is 0.170 e. The van der Waals surface area contributed by atoms with Crippen LogP contribution in [0.25, 0.3) is 0 Å². The van der Waals surface area contributed by atoms with Gasteiger partial charge in [-0.2, -0.15) is 0 Å². The van der Waals surface area contributed by atoms with Crippen molar-refractivity contribution >= 4 is 28.3 Å². The summed E-state index contributed by atoms with van der Waals surface area (Å²) in [7, 11) is 0. The first-order valence-corrected chi connectivity index (χ1v) is 6.16. The van der Waals surface area contributed by atoms with Crippen LogP contribution in [0.5, 0.6) is 5.75 Å². The van der Waals surface area contributed by atoms with Crippen molar-refractivity contribution in [3.8, 4) is 5.75 Å². The van der Waals surface area contributed by atoms with Gasteiger partial charge in [0, 0.05) is 5.69 Å². The van der Waals surface area contributed by atoms with E-state index < -0.39 is 0 Å². The maximum atomic E-state index is 13.5. The predicted octanol–water partition coefficient (Wildman–Crippen LogP) is 3.59. The first-order valence-electron chi connectivity index (χ1n) is 5.08. The summed E-state index contributed by atoms with van der Waals surface area (Å²) in [6.07, 6.45) is 0. The molecule has 0 aliphatic heterocycles. The van der Waals surface area contributed by atoms with Gasteiger partial charge in [-0.1, -0.05) is 30.3 Å². The molecule has 0 aliphatic rings. The molecule has 0 fully saturated rings. The fraction of sp³-hybridized carbons (Fsp3) is 0.0769. The van der Waals surface area contributed by atoms with Crippen molar-refractivity contribution in [3.63, 3.8) is 0 Å². The number of nitrogen functional groups attached to an aromatic ring is 1. The zero-order valence-electron chi connectivity index (χ0n) is 8.99. The summed E-state index contributed by atoms with van der Waals surface area (Å²) >= 11 is 1.98.